The first-order valence-corrected chi connectivity index (χ1v) is 9.09. The number of ether oxygens (including phenoxy) is 1. The molecule has 0 aliphatic heterocycles. The number of Topliss-reactive ketones (excluding diaryl/α,β-unsaturated/α-hetero) is 1. The molecule has 152 valence electrons. The third kappa shape index (κ3) is 4.60. The van der Waals surface area contributed by atoms with Gasteiger partial charge in [0.25, 0.3) is 5.56 Å². The van der Waals surface area contributed by atoms with E-state index in [-0.39, 0.29) is 34.7 Å². The molecule has 0 saturated heterocycles. The van der Waals surface area contributed by atoms with E-state index in [1.165, 1.54) is 31.2 Å². The predicted octanol–water partition coefficient (Wildman–Crippen LogP) is 3.09. The standard InChI is InChI=1S/C20H21N3O6/c1-3-4-7-10-22-19(25)14(11-21)13(2)18(20(22)26)16(24)12-29-17-9-6-5-8-15(17)23(27)28/h5-6,8-9,26H,3-4,7,10,12H2,1-2H3. The van der Waals surface area contributed by atoms with Gasteiger partial charge in [-0.1, -0.05) is 31.9 Å². The van der Waals surface area contributed by atoms with Crippen LogP contribution in [-0.4, -0.2) is 27.0 Å². The van der Waals surface area contributed by atoms with E-state index >= 15 is 0 Å². The number of benzene rings is 1. The Kier molecular flexibility index (Phi) is 7.09. The van der Waals surface area contributed by atoms with Gasteiger partial charge in [-0.2, -0.15) is 5.26 Å². The van der Waals surface area contributed by atoms with E-state index in [0.29, 0.717) is 6.42 Å². The number of para-hydroxylation sites is 2. The van der Waals surface area contributed by atoms with Crippen molar-refractivity contribution in [2.24, 2.45) is 0 Å². The summed E-state index contributed by atoms with van der Waals surface area (Å²) in [4.78, 5) is 35.6. The van der Waals surface area contributed by atoms with Gasteiger partial charge in [-0.05, 0) is 25.0 Å². The Bertz CT molecular complexity index is 1040. The van der Waals surface area contributed by atoms with Gasteiger partial charge in [0.15, 0.2) is 12.4 Å². The van der Waals surface area contributed by atoms with Crippen molar-refractivity contribution >= 4 is 11.5 Å². The molecular formula is C20H21N3O6. The second-order valence-corrected chi connectivity index (χ2v) is 6.41. The van der Waals surface area contributed by atoms with Gasteiger partial charge in [-0.15, -0.1) is 0 Å². The van der Waals surface area contributed by atoms with Crippen molar-refractivity contribution in [1.82, 2.24) is 4.57 Å². The Morgan fingerprint density at radius 1 is 1.34 bits per heavy atom. The molecule has 29 heavy (non-hydrogen) atoms. The van der Waals surface area contributed by atoms with Crippen molar-refractivity contribution in [2.45, 2.75) is 39.7 Å². The van der Waals surface area contributed by atoms with Crippen molar-refractivity contribution in [3.63, 3.8) is 0 Å². The molecule has 9 heteroatoms. The first-order chi connectivity index (χ1) is 13.8. The van der Waals surface area contributed by atoms with Crippen LogP contribution in [0.1, 0.15) is 47.7 Å². The van der Waals surface area contributed by atoms with Crippen molar-refractivity contribution < 1.29 is 19.6 Å². The molecule has 1 N–H and O–H groups in total. The van der Waals surface area contributed by atoms with Crippen LogP contribution in [0.5, 0.6) is 11.6 Å². The molecule has 0 aliphatic rings. The Hall–Kier alpha value is -3.67. The van der Waals surface area contributed by atoms with Gasteiger partial charge in [0.05, 0.1) is 10.5 Å². The molecule has 0 bridgehead atoms. The lowest BCUT2D eigenvalue weighted by molar-refractivity contribution is -0.385. The first kappa shape index (κ1) is 21.6. The summed E-state index contributed by atoms with van der Waals surface area (Å²) in [6, 6.07) is 7.37. The van der Waals surface area contributed by atoms with Gasteiger partial charge in [0.2, 0.25) is 11.7 Å². The summed E-state index contributed by atoms with van der Waals surface area (Å²) >= 11 is 0. The molecule has 9 nitrogen and oxygen atoms in total. The lowest BCUT2D eigenvalue weighted by Gasteiger charge is -2.15. The number of carbonyl (C=O) groups excluding carboxylic acids is 1. The molecule has 0 amide bonds. The van der Waals surface area contributed by atoms with Crippen molar-refractivity contribution in [3.05, 3.63) is 61.4 Å². The molecule has 1 aromatic heterocycles. The highest BCUT2D eigenvalue weighted by Gasteiger charge is 2.25. The SMILES string of the molecule is CCCCCn1c(O)c(C(=O)COc2ccccc2[N+](=O)[O-])c(C)c(C#N)c1=O. The summed E-state index contributed by atoms with van der Waals surface area (Å²) in [5.41, 5.74) is -1.33. The van der Waals surface area contributed by atoms with E-state index in [2.05, 4.69) is 0 Å². The fourth-order valence-electron chi connectivity index (χ4n) is 2.96. The fourth-order valence-corrected chi connectivity index (χ4v) is 2.96. The third-order valence-electron chi connectivity index (χ3n) is 4.48. The van der Waals surface area contributed by atoms with Gasteiger partial charge in [0, 0.05) is 12.6 Å². The molecule has 0 spiro atoms. The highest BCUT2D eigenvalue weighted by atomic mass is 16.6. The monoisotopic (exact) mass is 399 g/mol. The van der Waals surface area contributed by atoms with Crippen LogP contribution >= 0.6 is 0 Å². The molecule has 2 rings (SSSR count). The number of carbonyl (C=O) groups is 1. The Balaban J connectivity index is 2.39. The van der Waals surface area contributed by atoms with Crippen LogP contribution in [0.15, 0.2) is 29.1 Å². The number of aromatic hydroxyl groups is 1. The number of ketones is 1. The molecule has 0 atom stereocenters. The smallest absolute Gasteiger partial charge is 0.310 e. The topological polar surface area (TPSA) is 135 Å². The maximum absolute atomic E-state index is 12.7. The summed E-state index contributed by atoms with van der Waals surface area (Å²) in [6.07, 6.45) is 2.30. The van der Waals surface area contributed by atoms with E-state index < -0.39 is 28.8 Å². The van der Waals surface area contributed by atoms with Gasteiger partial charge in [-0.25, -0.2) is 0 Å². The number of unbranched alkanes of at least 4 members (excludes halogenated alkanes) is 2. The number of rotatable bonds is 9. The summed E-state index contributed by atoms with van der Waals surface area (Å²) in [7, 11) is 0. The lowest BCUT2D eigenvalue weighted by Crippen LogP contribution is -2.27. The van der Waals surface area contributed by atoms with E-state index in [4.69, 9.17) is 4.74 Å². The van der Waals surface area contributed by atoms with Crippen LogP contribution in [0.3, 0.4) is 0 Å². The Morgan fingerprint density at radius 2 is 2.03 bits per heavy atom. The van der Waals surface area contributed by atoms with Crippen LogP contribution in [-0.2, 0) is 6.54 Å². The number of pyridine rings is 1. The van der Waals surface area contributed by atoms with Crippen molar-refractivity contribution in [3.8, 4) is 17.7 Å². The number of nitro groups is 1. The summed E-state index contributed by atoms with van der Waals surface area (Å²) in [5, 5.41) is 30.9. The second-order valence-electron chi connectivity index (χ2n) is 6.41. The fraction of sp³-hybridized carbons (Fsp3) is 0.350. The first-order valence-electron chi connectivity index (χ1n) is 9.09. The largest absolute Gasteiger partial charge is 0.494 e. The zero-order valence-electron chi connectivity index (χ0n) is 16.2. The number of nitriles is 1. The van der Waals surface area contributed by atoms with Gasteiger partial charge in [-0.3, -0.25) is 24.3 Å². The Morgan fingerprint density at radius 3 is 2.66 bits per heavy atom. The van der Waals surface area contributed by atoms with Crippen LogP contribution in [0.25, 0.3) is 0 Å². The lowest BCUT2D eigenvalue weighted by atomic mass is 10.0. The van der Waals surface area contributed by atoms with Crippen molar-refractivity contribution in [1.29, 1.82) is 5.26 Å². The molecule has 1 heterocycles. The second kappa shape index (κ2) is 9.50. The van der Waals surface area contributed by atoms with Crippen LogP contribution in [0, 0.1) is 28.4 Å². The van der Waals surface area contributed by atoms with Gasteiger partial charge < -0.3 is 9.84 Å². The molecule has 0 radical (unpaired) electrons. The predicted molar refractivity (Wildman–Crippen MR) is 104 cm³/mol. The zero-order chi connectivity index (χ0) is 21.6. The van der Waals surface area contributed by atoms with Gasteiger partial charge >= 0.3 is 5.69 Å². The molecule has 1 aromatic carbocycles. The number of nitro benzene ring substituents is 1. The molecule has 2 aromatic rings. The maximum Gasteiger partial charge on any atom is 0.310 e. The average Bonchev–Trinajstić information content (AvgIpc) is 2.69. The van der Waals surface area contributed by atoms with Crippen LogP contribution < -0.4 is 10.3 Å². The number of nitrogens with zero attached hydrogens (tertiary/aromatic N) is 3. The molecule has 0 saturated carbocycles. The maximum atomic E-state index is 12.7. The summed E-state index contributed by atoms with van der Waals surface area (Å²) < 4.78 is 6.31. The van der Waals surface area contributed by atoms with E-state index in [0.717, 1.165) is 17.4 Å². The molecular weight excluding hydrogens is 378 g/mol. The quantitative estimate of drug-likeness (QED) is 0.296. The molecule has 0 unspecified atom stereocenters. The summed E-state index contributed by atoms with van der Waals surface area (Å²) in [5.74, 6) is -1.32. The number of hydrogen-bond donors (Lipinski definition) is 1. The van der Waals surface area contributed by atoms with E-state index in [1.807, 2.05) is 6.92 Å². The van der Waals surface area contributed by atoms with Crippen molar-refractivity contribution in [2.75, 3.05) is 6.61 Å². The molecule has 0 fully saturated rings. The minimum absolute atomic E-state index is 0.0536. The minimum Gasteiger partial charge on any atom is -0.494 e. The van der Waals surface area contributed by atoms with Gasteiger partial charge in [0.1, 0.15) is 11.6 Å². The highest BCUT2D eigenvalue weighted by Crippen LogP contribution is 2.27. The summed E-state index contributed by atoms with van der Waals surface area (Å²) in [6.45, 7) is 2.94. The average molecular weight is 399 g/mol. The number of hydrogen-bond acceptors (Lipinski definition) is 7. The Labute approximate surface area is 166 Å². The van der Waals surface area contributed by atoms with Crippen LogP contribution in [0.2, 0.25) is 0 Å². The van der Waals surface area contributed by atoms with Crippen LogP contribution in [0.4, 0.5) is 5.69 Å². The minimum atomic E-state index is -0.695. The normalized spacial score (nSPS) is 10.4. The molecule has 0 aliphatic carbocycles. The third-order valence-corrected chi connectivity index (χ3v) is 4.48. The number of aromatic nitrogens is 1. The highest BCUT2D eigenvalue weighted by molar-refractivity contribution is 6.01. The van der Waals surface area contributed by atoms with E-state index in [1.54, 1.807) is 6.07 Å². The zero-order valence-corrected chi connectivity index (χ0v) is 16.2. The van der Waals surface area contributed by atoms with E-state index in [9.17, 15) is 30.1 Å².